The molecule has 3 aromatic rings. The quantitative estimate of drug-likeness (QED) is 0.776. The van der Waals surface area contributed by atoms with Crippen LogP contribution in [0.4, 0.5) is 5.82 Å². The van der Waals surface area contributed by atoms with E-state index in [9.17, 15) is 4.79 Å². The summed E-state index contributed by atoms with van der Waals surface area (Å²) in [6, 6.07) is 5.66. The normalized spacial score (nSPS) is 11.0. The number of pyridine rings is 1. The van der Waals surface area contributed by atoms with E-state index in [1.165, 1.54) is 0 Å². The molecule has 0 spiro atoms. The Hall–Kier alpha value is -2.63. The molecule has 3 heterocycles. The number of aromatic nitrogens is 4. The van der Waals surface area contributed by atoms with Crippen LogP contribution in [0.2, 0.25) is 0 Å². The van der Waals surface area contributed by atoms with Crippen molar-refractivity contribution in [1.29, 1.82) is 0 Å². The number of fused-ring (bicyclic) bond motifs is 1. The number of aryl methyl sites for hydroxylation is 2. The zero-order valence-electron chi connectivity index (χ0n) is 13.0. The lowest BCUT2D eigenvalue weighted by Crippen LogP contribution is -2.25. The summed E-state index contributed by atoms with van der Waals surface area (Å²) in [5, 5.41) is 3.03. The summed E-state index contributed by atoms with van der Waals surface area (Å²) >= 11 is 0. The van der Waals surface area contributed by atoms with Crippen LogP contribution < -0.4 is 10.9 Å². The van der Waals surface area contributed by atoms with Gasteiger partial charge in [-0.25, -0.2) is 9.97 Å². The highest BCUT2D eigenvalue weighted by atomic mass is 16.1. The molecular weight excluding hydrogens is 278 g/mol. The van der Waals surface area contributed by atoms with E-state index in [-0.39, 0.29) is 5.56 Å². The maximum Gasteiger partial charge on any atom is 0.280 e. The van der Waals surface area contributed by atoms with Crippen LogP contribution in [0.3, 0.4) is 0 Å². The van der Waals surface area contributed by atoms with Gasteiger partial charge in [0.2, 0.25) is 0 Å². The van der Waals surface area contributed by atoms with E-state index in [4.69, 9.17) is 0 Å². The Labute approximate surface area is 128 Å². The molecule has 2 N–H and O–H groups in total. The van der Waals surface area contributed by atoms with Gasteiger partial charge < -0.3 is 10.3 Å². The molecule has 0 aliphatic rings. The van der Waals surface area contributed by atoms with Gasteiger partial charge in [-0.1, -0.05) is 6.92 Å². The summed E-state index contributed by atoms with van der Waals surface area (Å²) in [5.74, 6) is 0.740. The molecule has 6 nitrogen and oxygen atoms in total. The number of hydrogen-bond acceptors (Lipinski definition) is 4. The van der Waals surface area contributed by atoms with Crippen LogP contribution in [0, 0.1) is 6.92 Å². The number of hydrogen-bond donors (Lipinski definition) is 2. The second kappa shape index (κ2) is 5.63. The Kier molecular flexibility index (Phi) is 3.66. The van der Waals surface area contributed by atoms with E-state index in [0.29, 0.717) is 17.9 Å². The average molecular weight is 297 g/mol. The number of H-pyrrole nitrogens is 1. The highest BCUT2D eigenvalue weighted by Crippen LogP contribution is 2.20. The van der Waals surface area contributed by atoms with Crippen molar-refractivity contribution < 1.29 is 0 Å². The van der Waals surface area contributed by atoms with Gasteiger partial charge in [-0.2, -0.15) is 0 Å². The van der Waals surface area contributed by atoms with Gasteiger partial charge in [-0.15, -0.1) is 0 Å². The third-order valence-electron chi connectivity index (χ3n) is 3.65. The fourth-order valence-corrected chi connectivity index (χ4v) is 2.57. The Morgan fingerprint density at radius 3 is 2.82 bits per heavy atom. The van der Waals surface area contributed by atoms with Crippen molar-refractivity contribution >= 4 is 17.0 Å². The van der Waals surface area contributed by atoms with Crippen molar-refractivity contribution in [2.75, 3.05) is 12.4 Å². The number of aromatic amines is 1. The van der Waals surface area contributed by atoms with Gasteiger partial charge in [0.15, 0.2) is 11.3 Å². The number of anilines is 1. The van der Waals surface area contributed by atoms with Crippen molar-refractivity contribution in [3.05, 3.63) is 40.3 Å². The Morgan fingerprint density at radius 1 is 1.36 bits per heavy atom. The zero-order valence-corrected chi connectivity index (χ0v) is 13.0. The minimum absolute atomic E-state index is 0.114. The lowest BCUT2D eigenvalue weighted by molar-refractivity contribution is 0.669. The molecule has 0 saturated heterocycles. The zero-order chi connectivity index (χ0) is 15.7. The van der Waals surface area contributed by atoms with Gasteiger partial charge in [0.05, 0.1) is 5.69 Å². The van der Waals surface area contributed by atoms with E-state index < -0.39 is 0 Å². The average Bonchev–Trinajstić information content (AvgIpc) is 3.04. The molecule has 3 aromatic heterocycles. The number of nitrogens with one attached hydrogen (secondary N) is 2. The molecule has 0 atom stereocenters. The van der Waals surface area contributed by atoms with Crippen molar-refractivity contribution in [3.63, 3.8) is 0 Å². The van der Waals surface area contributed by atoms with Crippen molar-refractivity contribution in [1.82, 2.24) is 19.5 Å². The first-order valence-electron chi connectivity index (χ1n) is 7.39. The van der Waals surface area contributed by atoms with Crippen LogP contribution >= 0.6 is 0 Å². The second-order valence-electron chi connectivity index (χ2n) is 5.25. The largest absolute Gasteiger partial charge is 0.373 e. The molecule has 0 aliphatic heterocycles. The lowest BCUT2D eigenvalue weighted by Gasteiger charge is -2.13. The summed E-state index contributed by atoms with van der Waals surface area (Å²) in [4.78, 5) is 25.0. The summed E-state index contributed by atoms with van der Waals surface area (Å²) in [6.07, 6.45) is 2.65. The third kappa shape index (κ3) is 2.26. The minimum atomic E-state index is -0.114. The third-order valence-corrected chi connectivity index (χ3v) is 3.65. The van der Waals surface area contributed by atoms with Gasteiger partial charge in [-0.05, 0) is 37.1 Å². The van der Waals surface area contributed by atoms with Crippen LogP contribution in [-0.4, -0.2) is 26.6 Å². The van der Waals surface area contributed by atoms with E-state index in [1.807, 2.05) is 39.1 Å². The van der Waals surface area contributed by atoms with Crippen LogP contribution in [0.15, 0.2) is 29.2 Å². The van der Waals surface area contributed by atoms with Gasteiger partial charge in [0, 0.05) is 19.8 Å². The molecule has 0 radical (unpaired) electrons. The van der Waals surface area contributed by atoms with Crippen LogP contribution in [-0.2, 0) is 6.54 Å². The smallest absolute Gasteiger partial charge is 0.280 e. The fourth-order valence-electron chi connectivity index (χ4n) is 2.57. The summed E-state index contributed by atoms with van der Waals surface area (Å²) in [5.41, 5.74) is 3.44. The summed E-state index contributed by atoms with van der Waals surface area (Å²) in [6.45, 7) is 4.64. The highest BCUT2D eigenvalue weighted by Gasteiger charge is 2.16. The topological polar surface area (TPSA) is 75.6 Å². The van der Waals surface area contributed by atoms with Crippen LogP contribution in [0.1, 0.15) is 18.9 Å². The molecule has 3 rings (SSSR count). The molecule has 6 heteroatoms. The van der Waals surface area contributed by atoms with Crippen molar-refractivity contribution in [2.45, 2.75) is 26.8 Å². The van der Waals surface area contributed by atoms with E-state index in [1.54, 1.807) is 10.8 Å². The number of rotatable bonds is 4. The van der Waals surface area contributed by atoms with Crippen molar-refractivity contribution in [3.8, 4) is 11.4 Å². The predicted molar refractivity (Wildman–Crippen MR) is 88.2 cm³/mol. The fraction of sp³-hybridized carbons (Fsp3) is 0.312. The standard InChI is InChI=1S/C16H19N5O/c1-4-8-21-15-13(10(2)9-12(17-3)19-15)20-14(16(21)22)11-6-5-7-18-11/h5-7,9,18H,4,8H2,1-3H3,(H,17,19). The molecule has 0 aliphatic carbocycles. The number of nitrogens with zero attached hydrogens (tertiary/aromatic N) is 3. The van der Waals surface area contributed by atoms with Crippen LogP contribution in [0.5, 0.6) is 0 Å². The SMILES string of the molecule is CCCn1c(=O)c(-c2ccc[nH]2)nc2c(C)cc(NC)nc21. The van der Waals surface area contributed by atoms with Gasteiger partial charge in [0.1, 0.15) is 11.3 Å². The first kappa shape index (κ1) is 14.3. The molecule has 22 heavy (non-hydrogen) atoms. The maximum absolute atomic E-state index is 12.8. The Bertz CT molecular complexity index is 864. The van der Waals surface area contributed by atoms with E-state index in [0.717, 1.165) is 29.0 Å². The highest BCUT2D eigenvalue weighted by molar-refractivity contribution is 5.79. The monoisotopic (exact) mass is 297 g/mol. The first-order valence-corrected chi connectivity index (χ1v) is 7.39. The Morgan fingerprint density at radius 2 is 2.18 bits per heavy atom. The van der Waals surface area contributed by atoms with Crippen LogP contribution in [0.25, 0.3) is 22.6 Å². The molecule has 0 bridgehead atoms. The molecular formula is C16H19N5O. The molecule has 0 fully saturated rings. The summed E-state index contributed by atoms with van der Waals surface area (Å²) in [7, 11) is 1.82. The Balaban J connectivity index is 2.40. The summed E-state index contributed by atoms with van der Waals surface area (Å²) < 4.78 is 1.71. The molecule has 0 saturated carbocycles. The van der Waals surface area contributed by atoms with E-state index >= 15 is 0 Å². The predicted octanol–water partition coefficient (Wildman–Crippen LogP) is 2.55. The van der Waals surface area contributed by atoms with Gasteiger partial charge >= 0.3 is 0 Å². The molecule has 0 amide bonds. The van der Waals surface area contributed by atoms with Gasteiger partial charge in [-0.3, -0.25) is 9.36 Å². The molecule has 114 valence electrons. The second-order valence-corrected chi connectivity index (χ2v) is 5.25. The van der Waals surface area contributed by atoms with Crippen molar-refractivity contribution in [2.24, 2.45) is 0 Å². The van der Waals surface area contributed by atoms with E-state index in [2.05, 4.69) is 20.3 Å². The molecule has 0 unspecified atom stereocenters. The lowest BCUT2D eigenvalue weighted by atomic mass is 10.2. The minimum Gasteiger partial charge on any atom is -0.373 e. The maximum atomic E-state index is 12.8. The molecule has 0 aromatic carbocycles. The first-order chi connectivity index (χ1) is 10.7. The van der Waals surface area contributed by atoms with Gasteiger partial charge in [0.25, 0.3) is 5.56 Å².